The molecule has 0 aliphatic heterocycles. The molecule has 140 valence electrons. The molecular weight excluding hydrogens is 397 g/mol. The van der Waals surface area contributed by atoms with Crippen molar-refractivity contribution in [1.29, 1.82) is 0 Å². The third-order valence-electron chi connectivity index (χ3n) is 3.52. The molecule has 2 aromatic carbocycles. The summed E-state index contributed by atoms with van der Waals surface area (Å²) in [5, 5.41) is 10.7. The molecule has 0 saturated carbocycles. The van der Waals surface area contributed by atoms with E-state index in [2.05, 4.69) is 5.32 Å². The summed E-state index contributed by atoms with van der Waals surface area (Å²) in [6.45, 7) is -0.344. The molecule has 0 aliphatic rings. The topological polar surface area (TPSA) is 49.3 Å². The molecule has 2 rings (SSSR count). The lowest BCUT2D eigenvalue weighted by molar-refractivity contribution is -0.137. The minimum absolute atomic E-state index is 0.0103. The second-order valence-electron chi connectivity index (χ2n) is 5.39. The van der Waals surface area contributed by atoms with E-state index in [0.717, 1.165) is 18.2 Å². The first kappa shape index (κ1) is 20.5. The largest absolute Gasteiger partial charge is 0.416 e. The Balaban J connectivity index is 2.33. The Labute approximate surface area is 156 Å². The van der Waals surface area contributed by atoms with Crippen LogP contribution in [0.25, 0.3) is 0 Å². The Morgan fingerprint density at radius 2 is 1.73 bits per heavy atom. The summed E-state index contributed by atoms with van der Waals surface area (Å²) < 4.78 is 52.1. The van der Waals surface area contributed by atoms with Gasteiger partial charge in [0.25, 0.3) is 5.91 Å². The van der Waals surface area contributed by atoms with Crippen LogP contribution < -0.4 is 5.32 Å². The highest BCUT2D eigenvalue weighted by atomic mass is 35.5. The van der Waals surface area contributed by atoms with Gasteiger partial charge in [-0.3, -0.25) is 4.79 Å². The maximum absolute atomic E-state index is 13.8. The maximum atomic E-state index is 13.8. The normalized spacial score (nSPS) is 11.5. The zero-order valence-corrected chi connectivity index (χ0v) is 14.6. The van der Waals surface area contributed by atoms with Gasteiger partial charge in [0.1, 0.15) is 5.82 Å². The standard InChI is InChI=1S/C17H13Cl2F4NO2/c18-13-7-10(17(21,22)23)8-14(19)11(13)5-9-1-2-15(20)12(6-9)16(26)24-3-4-25/h1-2,6-8,25H,3-5H2,(H,24,26). The van der Waals surface area contributed by atoms with Gasteiger partial charge in [0.05, 0.1) is 17.7 Å². The van der Waals surface area contributed by atoms with E-state index in [1.165, 1.54) is 12.1 Å². The lowest BCUT2D eigenvalue weighted by Crippen LogP contribution is -2.27. The fourth-order valence-electron chi connectivity index (χ4n) is 2.26. The van der Waals surface area contributed by atoms with E-state index in [1.54, 1.807) is 0 Å². The lowest BCUT2D eigenvalue weighted by Gasteiger charge is -2.13. The molecule has 2 aromatic rings. The molecule has 0 unspecified atom stereocenters. The Kier molecular flexibility index (Phi) is 6.49. The fraction of sp³-hybridized carbons (Fsp3) is 0.235. The highest BCUT2D eigenvalue weighted by Gasteiger charge is 2.32. The van der Waals surface area contributed by atoms with Gasteiger partial charge >= 0.3 is 6.18 Å². The molecule has 0 bridgehead atoms. The van der Waals surface area contributed by atoms with Crippen LogP contribution in [0.3, 0.4) is 0 Å². The van der Waals surface area contributed by atoms with Gasteiger partial charge in [-0.25, -0.2) is 4.39 Å². The quantitative estimate of drug-likeness (QED) is 0.716. The minimum Gasteiger partial charge on any atom is -0.395 e. The number of hydrogen-bond donors (Lipinski definition) is 2. The third kappa shape index (κ3) is 4.87. The second-order valence-corrected chi connectivity index (χ2v) is 6.20. The van der Waals surface area contributed by atoms with Crippen LogP contribution in [-0.2, 0) is 12.6 Å². The maximum Gasteiger partial charge on any atom is 0.416 e. The number of nitrogens with one attached hydrogen (secondary N) is 1. The van der Waals surface area contributed by atoms with E-state index in [0.29, 0.717) is 5.56 Å². The minimum atomic E-state index is -4.58. The van der Waals surface area contributed by atoms with Crippen molar-refractivity contribution in [3.05, 3.63) is 68.4 Å². The number of alkyl halides is 3. The van der Waals surface area contributed by atoms with Gasteiger partial charge in [0.15, 0.2) is 0 Å². The van der Waals surface area contributed by atoms with Crippen molar-refractivity contribution in [1.82, 2.24) is 5.32 Å². The van der Waals surface area contributed by atoms with E-state index in [9.17, 15) is 22.4 Å². The highest BCUT2D eigenvalue weighted by Crippen LogP contribution is 2.36. The smallest absolute Gasteiger partial charge is 0.395 e. The monoisotopic (exact) mass is 409 g/mol. The molecule has 0 aliphatic carbocycles. The average molecular weight is 410 g/mol. The van der Waals surface area contributed by atoms with Gasteiger partial charge in [-0.2, -0.15) is 13.2 Å². The molecular formula is C17H13Cl2F4NO2. The van der Waals surface area contributed by atoms with Crippen LogP contribution in [0.15, 0.2) is 30.3 Å². The summed E-state index contributed by atoms with van der Waals surface area (Å²) in [5.41, 5.74) is -0.562. The Hall–Kier alpha value is -1.83. The first-order valence-electron chi connectivity index (χ1n) is 7.36. The summed E-state index contributed by atoms with van der Waals surface area (Å²) in [5.74, 6) is -1.49. The van der Waals surface area contributed by atoms with Crippen LogP contribution >= 0.6 is 23.2 Å². The average Bonchev–Trinajstić information content (AvgIpc) is 2.56. The number of aliphatic hydroxyl groups excluding tert-OH is 1. The van der Waals surface area contributed by atoms with Crippen molar-refractivity contribution < 1.29 is 27.5 Å². The number of carbonyl (C=O) groups is 1. The van der Waals surface area contributed by atoms with Gasteiger partial charge in [-0.1, -0.05) is 29.3 Å². The summed E-state index contributed by atoms with van der Waals surface area (Å²) in [4.78, 5) is 11.9. The summed E-state index contributed by atoms with van der Waals surface area (Å²) in [7, 11) is 0. The summed E-state index contributed by atoms with van der Waals surface area (Å²) >= 11 is 11.9. The molecule has 0 heterocycles. The van der Waals surface area contributed by atoms with Crippen molar-refractivity contribution in [2.45, 2.75) is 12.6 Å². The molecule has 0 spiro atoms. The van der Waals surface area contributed by atoms with E-state index >= 15 is 0 Å². The molecule has 3 nitrogen and oxygen atoms in total. The first-order chi connectivity index (χ1) is 12.1. The SMILES string of the molecule is O=C(NCCO)c1cc(Cc2c(Cl)cc(C(F)(F)F)cc2Cl)ccc1F. The number of rotatable bonds is 5. The molecule has 0 fully saturated rings. The predicted octanol–water partition coefficient (Wildman–Crippen LogP) is 4.46. The third-order valence-corrected chi connectivity index (χ3v) is 4.20. The zero-order valence-electron chi connectivity index (χ0n) is 13.1. The number of halogens is 6. The lowest BCUT2D eigenvalue weighted by atomic mass is 10.0. The molecule has 0 radical (unpaired) electrons. The predicted molar refractivity (Wildman–Crippen MR) is 90.1 cm³/mol. The van der Waals surface area contributed by atoms with Crippen LogP contribution in [0.1, 0.15) is 27.0 Å². The van der Waals surface area contributed by atoms with Crippen molar-refractivity contribution in [3.8, 4) is 0 Å². The second kappa shape index (κ2) is 8.24. The van der Waals surface area contributed by atoms with Gasteiger partial charge in [0.2, 0.25) is 0 Å². The Morgan fingerprint density at radius 3 is 2.27 bits per heavy atom. The van der Waals surface area contributed by atoms with Gasteiger partial charge in [-0.15, -0.1) is 0 Å². The van der Waals surface area contributed by atoms with Crippen LogP contribution in [0.2, 0.25) is 10.0 Å². The van der Waals surface area contributed by atoms with E-state index in [4.69, 9.17) is 28.3 Å². The highest BCUT2D eigenvalue weighted by molar-refractivity contribution is 6.36. The summed E-state index contributed by atoms with van der Waals surface area (Å²) in [6, 6.07) is 5.23. The van der Waals surface area contributed by atoms with E-state index < -0.39 is 23.5 Å². The number of aliphatic hydroxyl groups is 1. The molecule has 1 amide bonds. The zero-order chi connectivity index (χ0) is 19.5. The van der Waals surface area contributed by atoms with Gasteiger partial charge < -0.3 is 10.4 Å². The first-order valence-corrected chi connectivity index (χ1v) is 8.11. The van der Waals surface area contributed by atoms with E-state index in [-0.39, 0.29) is 40.7 Å². The Bertz CT molecular complexity index is 802. The molecule has 0 atom stereocenters. The fourth-order valence-corrected chi connectivity index (χ4v) is 2.88. The van der Waals surface area contributed by atoms with Crippen molar-refractivity contribution in [2.75, 3.05) is 13.2 Å². The van der Waals surface area contributed by atoms with E-state index in [1.807, 2.05) is 0 Å². The van der Waals surface area contributed by atoms with Crippen molar-refractivity contribution in [3.63, 3.8) is 0 Å². The molecule has 0 aromatic heterocycles. The molecule has 26 heavy (non-hydrogen) atoms. The van der Waals surface area contributed by atoms with Crippen LogP contribution in [-0.4, -0.2) is 24.2 Å². The van der Waals surface area contributed by atoms with Gasteiger partial charge in [-0.05, 0) is 35.4 Å². The number of carbonyl (C=O) groups excluding carboxylic acids is 1. The summed E-state index contributed by atoms with van der Waals surface area (Å²) in [6.07, 6.45) is -4.57. The van der Waals surface area contributed by atoms with Crippen LogP contribution in [0, 0.1) is 5.82 Å². The molecule has 9 heteroatoms. The van der Waals surface area contributed by atoms with Crippen LogP contribution in [0.5, 0.6) is 0 Å². The molecule has 2 N–H and O–H groups in total. The van der Waals surface area contributed by atoms with Gasteiger partial charge in [0, 0.05) is 23.0 Å². The van der Waals surface area contributed by atoms with Crippen molar-refractivity contribution in [2.24, 2.45) is 0 Å². The Morgan fingerprint density at radius 1 is 1.12 bits per heavy atom. The van der Waals surface area contributed by atoms with Crippen LogP contribution in [0.4, 0.5) is 17.6 Å². The number of amides is 1. The molecule has 0 saturated heterocycles. The van der Waals surface area contributed by atoms with Crippen molar-refractivity contribution >= 4 is 29.1 Å². The number of hydrogen-bond acceptors (Lipinski definition) is 2. The number of benzene rings is 2.